The molecule has 1 aromatic carbocycles. The van der Waals surface area contributed by atoms with Gasteiger partial charge in [0, 0.05) is 17.6 Å². The third kappa shape index (κ3) is 3.18. The molecule has 1 aromatic heterocycles. The molecule has 0 radical (unpaired) electrons. The first-order valence-corrected chi connectivity index (χ1v) is 8.75. The second-order valence-corrected chi connectivity index (χ2v) is 6.90. The molecule has 0 saturated carbocycles. The normalized spacial score (nSPS) is 27.1. The van der Waals surface area contributed by atoms with E-state index in [9.17, 15) is 4.79 Å². The molecule has 1 amide bonds. The zero-order valence-corrected chi connectivity index (χ0v) is 15.1. The molecule has 25 heavy (non-hydrogen) atoms. The lowest BCUT2D eigenvalue weighted by Crippen LogP contribution is -2.47. The van der Waals surface area contributed by atoms with Crippen LogP contribution in [0.2, 0.25) is 0 Å². The second-order valence-electron chi connectivity index (χ2n) is 6.90. The van der Waals surface area contributed by atoms with Crippen LogP contribution in [0, 0.1) is 5.41 Å². The molecule has 2 saturated heterocycles. The Hall–Kier alpha value is -1.85. The zero-order chi connectivity index (χ0) is 16.6. The number of aromatic nitrogens is 1. The maximum atomic E-state index is 12.8. The number of rotatable bonds is 5. The minimum atomic E-state index is -0.255. The first-order valence-electron chi connectivity index (χ1n) is 8.75. The number of halogens is 1. The number of hydrogen-bond donors (Lipinski definition) is 2. The van der Waals surface area contributed by atoms with Crippen molar-refractivity contribution in [1.82, 2.24) is 15.6 Å². The number of amides is 1. The number of hydrogen-bond acceptors (Lipinski definition) is 4. The molecule has 134 valence electrons. The van der Waals surface area contributed by atoms with E-state index in [1.807, 2.05) is 30.3 Å². The van der Waals surface area contributed by atoms with Gasteiger partial charge in [0.1, 0.15) is 6.26 Å². The smallest absolute Gasteiger partial charge is 0.228 e. The summed E-state index contributed by atoms with van der Waals surface area (Å²) in [5.41, 5.74) is 1.44. The fourth-order valence-corrected chi connectivity index (χ4v) is 4.25. The Balaban J connectivity index is 0.00000182. The molecule has 2 aliphatic rings. The van der Waals surface area contributed by atoms with Crippen LogP contribution in [0.4, 0.5) is 0 Å². The Morgan fingerprint density at radius 2 is 2.16 bits per heavy atom. The van der Waals surface area contributed by atoms with Crippen LogP contribution in [-0.2, 0) is 11.3 Å². The summed E-state index contributed by atoms with van der Waals surface area (Å²) in [6.45, 7) is 2.53. The molecule has 2 aliphatic heterocycles. The topological polar surface area (TPSA) is 67.2 Å². The fourth-order valence-electron chi connectivity index (χ4n) is 4.25. The van der Waals surface area contributed by atoms with Crippen LogP contribution in [0.5, 0.6) is 0 Å². The van der Waals surface area contributed by atoms with E-state index >= 15 is 0 Å². The number of carbonyl (C=O) groups is 1. The average molecular weight is 362 g/mol. The van der Waals surface area contributed by atoms with Gasteiger partial charge < -0.3 is 15.1 Å². The monoisotopic (exact) mass is 361 g/mol. The first kappa shape index (κ1) is 18.0. The third-order valence-corrected chi connectivity index (χ3v) is 5.60. The van der Waals surface area contributed by atoms with Crippen molar-refractivity contribution in [3.8, 4) is 11.5 Å². The van der Waals surface area contributed by atoms with Gasteiger partial charge in [-0.3, -0.25) is 4.79 Å². The predicted octanol–water partition coefficient (Wildman–Crippen LogP) is 3.30. The third-order valence-electron chi connectivity index (χ3n) is 5.60. The summed E-state index contributed by atoms with van der Waals surface area (Å²) in [6, 6.07) is 10.6. The minimum Gasteiger partial charge on any atom is -0.444 e. The lowest BCUT2D eigenvalue weighted by molar-refractivity contribution is -0.132. The lowest BCUT2D eigenvalue weighted by Gasteiger charge is -2.34. The van der Waals surface area contributed by atoms with E-state index in [1.165, 1.54) is 6.42 Å². The highest BCUT2D eigenvalue weighted by Gasteiger charge is 2.54. The molecule has 0 spiro atoms. The zero-order valence-electron chi connectivity index (χ0n) is 14.3. The number of oxazole rings is 1. The molecule has 2 bridgehead atoms. The second kappa shape index (κ2) is 7.18. The number of benzene rings is 1. The standard InChI is InChI=1S/C19H23N3O2.ClH/c1-2-19(10-14-8-9-16(19)21-14)18(23)20-11-15-12-24-17(22-15)13-6-4-3-5-7-13;/h3-7,12,14,16,21H,2,8-11H2,1H3,(H,20,23);1H/t14-,16+,19+;/m0./s1. The van der Waals surface area contributed by atoms with Gasteiger partial charge in [-0.2, -0.15) is 0 Å². The molecule has 3 heterocycles. The largest absolute Gasteiger partial charge is 0.444 e. The van der Waals surface area contributed by atoms with Gasteiger partial charge in [-0.25, -0.2) is 4.98 Å². The van der Waals surface area contributed by atoms with Crippen molar-refractivity contribution in [2.75, 3.05) is 0 Å². The van der Waals surface area contributed by atoms with E-state index in [4.69, 9.17) is 4.42 Å². The fraction of sp³-hybridized carbons (Fsp3) is 0.474. The van der Waals surface area contributed by atoms with Crippen LogP contribution in [0.3, 0.4) is 0 Å². The van der Waals surface area contributed by atoms with Crippen molar-refractivity contribution in [3.05, 3.63) is 42.3 Å². The van der Waals surface area contributed by atoms with E-state index in [1.54, 1.807) is 6.26 Å². The van der Waals surface area contributed by atoms with E-state index in [0.29, 0.717) is 24.5 Å². The van der Waals surface area contributed by atoms with Crippen molar-refractivity contribution in [3.63, 3.8) is 0 Å². The van der Waals surface area contributed by atoms with Gasteiger partial charge in [0.15, 0.2) is 0 Å². The van der Waals surface area contributed by atoms with Gasteiger partial charge in [0.05, 0.1) is 17.7 Å². The quantitative estimate of drug-likeness (QED) is 0.857. The Bertz CT molecular complexity index is 733. The lowest BCUT2D eigenvalue weighted by atomic mass is 9.71. The Kier molecular flexibility index (Phi) is 5.16. The summed E-state index contributed by atoms with van der Waals surface area (Å²) < 4.78 is 5.53. The van der Waals surface area contributed by atoms with Gasteiger partial charge >= 0.3 is 0 Å². The van der Waals surface area contributed by atoms with E-state index in [2.05, 4.69) is 22.5 Å². The molecular formula is C19H24ClN3O2. The number of fused-ring (bicyclic) bond motifs is 2. The van der Waals surface area contributed by atoms with E-state index in [-0.39, 0.29) is 23.7 Å². The average Bonchev–Trinajstić information content (AvgIpc) is 3.36. The van der Waals surface area contributed by atoms with Crippen LogP contribution in [0.25, 0.3) is 11.5 Å². The van der Waals surface area contributed by atoms with Gasteiger partial charge in [-0.05, 0) is 37.8 Å². The van der Waals surface area contributed by atoms with Crippen molar-refractivity contribution in [2.45, 2.75) is 51.2 Å². The number of nitrogens with one attached hydrogen (secondary N) is 2. The van der Waals surface area contributed by atoms with Crippen LogP contribution in [0.15, 0.2) is 41.0 Å². The van der Waals surface area contributed by atoms with Crippen LogP contribution < -0.4 is 10.6 Å². The highest BCUT2D eigenvalue weighted by molar-refractivity contribution is 5.85. The van der Waals surface area contributed by atoms with Crippen molar-refractivity contribution in [1.29, 1.82) is 0 Å². The van der Waals surface area contributed by atoms with Gasteiger partial charge in [-0.15, -0.1) is 12.4 Å². The van der Waals surface area contributed by atoms with E-state index in [0.717, 1.165) is 30.5 Å². The molecule has 5 nitrogen and oxygen atoms in total. The molecule has 4 rings (SSSR count). The Labute approximate surface area is 154 Å². The van der Waals surface area contributed by atoms with Gasteiger partial charge in [0.2, 0.25) is 11.8 Å². The minimum absolute atomic E-state index is 0. The predicted molar refractivity (Wildman–Crippen MR) is 98.3 cm³/mol. The van der Waals surface area contributed by atoms with Crippen LogP contribution >= 0.6 is 12.4 Å². The molecule has 3 atom stereocenters. The summed E-state index contributed by atoms with van der Waals surface area (Å²) in [5, 5.41) is 6.66. The first-order chi connectivity index (χ1) is 11.7. The van der Waals surface area contributed by atoms with Gasteiger partial charge in [0.25, 0.3) is 0 Å². The maximum absolute atomic E-state index is 12.8. The number of carbonyl (C=O) groups excluding carboxylic acids is 1. The molecule has 6 heteroatoms. The summed E-state index contributed by atoms with van der Waals surface area (Å²) in [5.74, 6) is 0.737. The maximum Gasteiger partial charge on any atom is 0.228 e. The van der Waals surface area contributed by atoms with Crippen LogP contribution in [-0.4, -0.2) is 23.0 Å². The highest BCUT2D eigenvalue weighted by Crippen LogP contribution is 2.45. The van der Waals surface area contributed by atoms with Crippen molar-refractivity contribution >= 4 is 18.3 Å². The Morgan fingerprint density at radius 1 is 1.36 bits per heavy atom. The molecule has 2 N–H and O–H groups in total. The van der Waals surface area contributed by atoms with E-state index < -0.39 is 0 Å². The summed E-state index contributed by atoms with van der Waals surface area (Å²) in [7, 11) is 0. The van der Waals surface area contributed by atoms with Crippen LogP contribution in [0.1, 0.15) is 38.3 Å². The summed E-state index contributed by atoms with van der Waals surface area (Å²) >= 11 is 0. The molecule has 2 fully saturated rings. The summed E-state index contributed by atoms with van der Waals surface area (Å²) in [6.07, 6.45) is 5.76. The van der Waals surface area contributed by atoms with Gasteiger partial charge in [-0.1, -0.05) is 25.1 Å². The SMILES string of the molecule is CC[C@@]1(C(=O)NCc2coc(-c3ccccc3)n2)C[C@@H]2CC[C@H]1N2.Cl. The van der Waals surface area contributed by atoms with Crippen molar-refractivity contribution < 1.29 is 9.21 Å². The highest BCUT2D eigenvalue weighted by atomic mass is 35.5. The molecule has 2 aromatic rings. The molecule has 0 unspecified atom stereocenters. The number of nitrogens with zero attached hydrogens (tertiary/aromatic N) is 1. The summed E-state index contributed by atoms with van der Waals surface area (Å²) in [4.78, 5) is 17.3. The van der Waals surface area contributed by atoms with Crippen molar-refractivity contribution in [2.24, 2.45) is 5.41 Å². The Morgan fingerprint density at radius 3 is 2.80 bits per heavy atom. The molecule has 0 aliphatic carbocycles. The molecular weight excluding hydrogens is 338 g/mol.